The van der Waals surface area contributed by atoms with Crippen molar-refractivity contribution in [2.24, 2.45) is 16.7 Å². The fourth-order valence-electron chi connectivity index (χ4n) is 3.03. The zero-order valence-electron chi connectivity index (χ0n) is 8.07. The van der Waals surface area contributed by atoms with Gasteiger partial charge in [0.15, 0.2) is 0 Å². The smallest absolute Gasteiger partial charge is 0.0141 e. The second-order valence-electron chi connectivity index (χ2n) is 5.08. The molecule has 0 aromatic rings. The molecule has 2 bridgehead atoms. The van der Waals surface area contributed by atoms with Crippen molar-refractivity contribution >= 4 is 0 Å². The Bertz CT molecular complexity index is 219. The predicted molar refractivity (Wildman–Crippen MR) is 48.4 cm³/mol. The lowest BCUT2D eigenvalue weighted by Gasteiger charge is -2.52. The molecule has 0 amide bonds. The normalized spacial score (nSPS) is 49.5. The summed E-state index contributed by atoms with van der Waals surface area (Å²) in [5.74, 6) is 0.914. The van der Waals surface area contributed by atoms with Crippen LogP contribution >= 0.6 is 0 Å². The van der Waals surface area contributed by atoms with E-state index in [1.807, 2.05) is 0 Å². The Morgan fingerprint density at radius 2 is 2.00 bits per heavy atom. The highest BCUT2D eigenvalue weighted by atomic mass is 14.7. The molecule has 62 valence electrons. The van der Waals surface area contributed by atoms with Crippen molar-refractivity contribution in [1.82, 2.24) is 0 Å². The maximum Gasteiger partial charge on any atom is -0.0141 e. The van der Waals surface area contributed by atoms with Gasteiger partial charge in [0.2, 0.25) is 0 Å². The standard InChI is InChI=1S/C11H18/c1-5-8-6-11(4)7-9(8)10(11,2)3/h5,9H,6-7H2,1-4H3/b8-5-. The van der Waals surface area contributed by atoms with E-state index in [1.54, 1.807) is 5.57 Å². The molecule has 0 radical (unpaired) electrons. The maximum absolute atomic E-state index is 2.44. The molecular formula is C11H18. The van der Waals surface area contributed by atoms with E-state index in [2.05, 4.69) is 33.8 Å². The molecule has 0 N–H and O–H groups in total. The van der Waals surface area contributed by atoms with Gasteiger partial charge in [-0.15, -0.1) is 0 Å². The average Bonchev–Trinajstić information content (AvgIpc) is 2.38. The third-order valence-electron chi connectivity index (χ3n) is 4.49. The van der Waals surface area contributed by atoms with Gasteiger partial charge in [-0.05, 0) is 36.5 Å². The van der Waals surface area contributed by atoms with E-state index in [0.717, 1.165) is 5.92 Å². The highest BCUT2D eigenvalue weighted by Crippen LogP contribution is 2.72. The molecule has 3 fully saturated rings. The highest BCUT2D eigenvalue weighted by Gasteiger charge is 2.63. The molecule has 3 rings (SSSR count). The first-order chi connectivity index (χ1) is 5.01. The van der Waals surface area contributed by atoms with Crippen LogP contribution in [0.1, 0.15) is 40.5 Å². The van der Waals surface area contributed by atoms with Crippen LogP contribution in [0.4, 0.5) is 0 Å². The molecule has 0 aliphatic heterocycles. The van der Waals surface area contributed by atoms with Crippen LogP contribution in [0.3, 0.4) is 0 Å². The first-order valence-electron chi connectivity index (χ1n) is 4.66. The molecule has 2 atom stereocenters. The van der Waals surface area contributed by atoms with E-state index >= 15 is 0 Å². The summed E-state index contributed by atoms with van der Waals surface area (Å²) in [6.07, 6.45) is 5.14. The summed E-state index contributed by atoms with van der Waals surface area (Å²) in [7, 11) is 0. The molecular weight excluding hydrogens is 132 g/mol. The Kier molecular flexibility index (Phi) is 1.16. The van der Waals surface area contributed by atoms with Crippen molar-refractivity contribution in [2.75, 3.05) is 0 Å². The van der Waals surface area contributed by atoms with Gasteiger partial charge in [0.05, 0.1) is 0 Å². The van der Waals surface area contributed by atoms with Crippen molar-refractivity contribution in [3.63, 3.8) is 0 Å². The molecule has 3 saturated carbocycles. The largest absolute Gasteiger partial charge is 0.0881 e. The summed E-state index contributed by atoms with van der Waals surface area (Å²) in [4.78, 5) is 0. The first-order valence-corrected chi connectivity index (χ1v) is 4.66. The van der Waals surface area contributed by atoms with Crippen LogP contribution in [0.15, 0.2) is 11.6 Å². The lowest BCUT2D eigenvalue weighted by Crippen LogP contribution is -2.45. The number of rotatable bonds is 0. The van der Waals surface area contributed by atoms with E-state index < -0.39 is 0 Å². The molecule has 2 unspecified atom stereocenters. The van der Waals surface area contributed by atoms with Crippen LogP contribution in [0.5, 0.6) is 0 Å². The molecule has 0 nitrogen and oxygen atoms in total. The summed E-state index contributed by atoms with van der Waals surface area (Å²) in [6.45, 7) is 9.49. The summed E-state index contributed by atoms with van der Waals surface area (Å²) in [5.41, 5.74) is 2.95. The van der Waals surface area contributed by atoms with Gasteiger partial charge in [-0.2, -0.15) is 0 Å². The van der Waals surface area contributed by atoms with E-state index in [1.165, 1.54) is 12.8 Å². The van der Waals surface area contributed by atoms with Gasteiger partial charge < -0.3 is 0 Å². The Morgan fingerprint density at radius 3 is 2.18 bits per heavy atom. The highest BCUT2D eigenvalue weighted by molar-refractivity contribution is 5.30. The topological polar surface area (TPSA) is 0 Å². The lowest BCUT2D eigenvalue weighted by atomic mass is 9.52. The Balaban J connectivity index is 2.37. The Hall–Kier alpha value is -0.260. The molecule has 0 heteroatoms. The van der Waals surface area contributed by atoms with Crippen molar-refractivity contribution in [3.8, 4) is 0 Å². The third kappa shape index (κ3) is 0.617. The summed E-state index contributed by atoms with van der Waals surface area (Å²) >= 11 is 0. The van der Waals surface area contributed by atoms with E-state index in [-0.39, 0.29) is 0 Å². The number of allylic oxidation sites excluding steroid dienone is 2. The number of hydrogen-bond donors (Lipinski definition) is 0. The second kappa shape index (κ2) is 1.73. The maximum atomic E-state index is 2.44. The van der Waals surface area contributed by atoms with Gasteiger partial charge in [-0.1, -0.05) is 32.4 Å². The van der Waals surface area contributed by atoms with Crippen molar-refractivity contribution in [1.29, 1.82) is 0 Å². The van der Waals surface area contributed by atoms with Gasteiger partial charge in [0.1, 0.15) is 0 Å². The summed E-state index contributed by atoms with van der Waals surface area (Å²) in [6, 6.07) is 0. The minimum atomic E-state index is 0.592. The monoisotopic (exact) mass is 150 g/mol. The van der Waals surface area contributed by atoms with Gasteiger partial charge in [-0.3, -0.25) is 0 Å². The molecule has 0 saturated heterocycles. The Labute approximate surface area is 69.7 Å². The summed E-state index contributed by atoms with van der Waals surface area (Å²) < 4.78 is 0. The first kappa shape index (κ1) is 7.39. The lowest BCUT2D eigenvalue weighted by molar-refractivity contribution is -0.0345. The molecule has 3 aliphatic rings. The van der Waals surface area contributed by atoms with Crippen molar-refractivity contribution in [3.05, 3.63) is 11.6 Å². The van der Waals surface area contributed by atoms with E-state index in [4.69, 9.17) is 0 Å². The molecule has 0 heterocycles. The van der Waals surface area contributed by atoms with Crippen LogP contribution in [0.2, 0.25) is 0 Å². The molecule has 0 spiro atoms. The fourth-order valence-corrected chi connectivity index (χ4v) is 3.03. The predicted octanol–water partition coefficient (Wildman–Crippen LogP) is 3.39. The quantitative estimate of drug-likeness (QED) is 0.464. The van der Waals surface area contributed by atoms with Gasteiger partial charge in [-0.25, -0.2) is 0 Å². The van der Waals surface area contributed by atoms with Crippen molar-refractivity contribution < 1.29 is 0 Å². The van der Waals surface area contributed by atoms with Gasteiger partial charge in [0.25, 0.3) is 0 Å². The molecule has 0 aromatic carbocycles. The van der Waals surface area contributed by atoms with Gasteiger partial charge >= 0.3 is 0 Å². The number of fused-ring (bicyclic) bond motifs is 1. The van der Waals surface area contributed by atoms with Crippen LogP contribution in [0, 0.1) is 16.7 Å². The van der Waals surface area contributed by atoms with Gasteiger partial charge in [0, 0.05) is 0 Å². The van der Waals surface area contributed by atoms with Crippen molar-refractivity contribution in [2.45, 2.75) is 40.5 Å². The molecule has 11 heavy (non-hydrogen) atoms. The minimum absolute atomic E-state index is 0.592. The second-order valence-corrected chi connectivity index (χ2v) is 5.08. The fraction of sp³-hybridized carbons (Fsp3) is 0.818. The van der Waals surface area contributed by atoms with Crippen LogP contribution in [0.25, 0.3) is 0 Å². The van der Waals surface area contributed by atoms with E-state index in [9.17, 15) is 0 Å². The van der Waals surface area contributed by atoms with Crippen LogP contribution < -0.4 is 0 Å². The minimum Gasteiger partial charge on any atom is -0.0881 e. The zero-order valence-corrected chi connectivity index (χ0v) is 8.07. The van der Waals surface area contributed by atoms with E-state index in [0.29, 0.717) is 10.8 Å². The molecule has 0 aromatic heterocycles. The van der Waals surface area contributed by atoms with Crippen LogP contribution in [-0.4, -0.2) is 0 Å². The average molecular weight is 150 g/mol. The number of hydrogen-bond acceptors (Lipinski definition) is 0. The SMILES string of the molecule is C/C=C1/CC2(C)CC1C2(C)C. The third-order valence-corrected chi connectivity index (χ3v) is 4.49. The van der Waals surface area contributed by atoms with Crippen LogP contribution in [-0.2, 0) is 0 Å². The Morgan fingerprint density at radius 1 is 1.36 bits per heavy atom. The summed E-state index contributed by atoms with van der Waals surface area (Å²) in [5, 5.41) is 0. The zero-order chi connectivity index (χ0) is 8.28. The molecule has 3 aliphatic carbocycles.